The van der Waals surface area contributed by atoms with E-state index in [-0.39, 0.29) is 54.2 Å². The minimum absolute atomic E-state index is 0.112. The van der Waals surface area contributed by atoms with Crippen molar-refractivity contribution in [1.82, 2.24) is 44.9 Å². The summed E-state index contributed by atoms with van der Waals surface area (Å²) in [6.07, 6.45) is 5.87. The number of aromatic amines is 2. The summed E-state index contributed by atoms with van der Waals surface area (Å²) in [6, 6.07) is 8.22. The number of fused-ring (bicyclic) bond motifs is 2. The molecular weight excluding hydrogens is 600 g/mol. The number of aromatic nitrogens is 7. The molecule has 6 aromatic rings. The molecular formula is C32H30F4N10. The number of hydrogen-bond acceptors (Lipinski definition) is 8. The largest absolute Gasteiger partial charge is 0.384 e. The quantitative estimate of drug-likeness (QED) is 0.174. The second kappa shape index (κ2) is 11.8. The van der Waals surface area contributed by atoms with Crippen molar-refractivity contribution in [3.05, 3.63) is 72.3 Å². The van der Waals surface area contributed by atoms with Gasteiger partial charge in [0.1, 0.15) is 17.3 Å². The van der Waals surface area contributed by atoms with Crippen LogP contribution >= 0.6 is 0 Å². The van der Waals surface area contributed by atoms with E-state index in [2.05, 4.69) is 40.4 Å². The van der Waals surface area contributed by atoms with Crippen LogP contribution in [0.2, 0.25) is 0 Å². The van der Waals surface area contributed by atoms with E-state index in [4.69, 9.17) is 0 Å². The number of nitrogens with one attached hydrogen (secondary N) is 3. The van der Waals surface area contributed by atoms with Crippen LogP contribution in [0.1, 0.15) is 12.0 Å². The smallest absolute Gasteiger partial charge is 0.261 e. The Morgan fingerprint density at radius 1 is 1.00 bits per heavy atom. The van der Waals surface area contributed by atoms with E-state index in [0.29, 0.717) is 45.6 Å². The Morgan fingerprint density at radius 3 is 2.67 bits per heavy atom. The number of benzene rings is 1. The highest BCUT2D eigenvalue weighted by Gasteiger charge is 2.38. The second-order valence-corrected chi connectivity index (χ2v) is 11.8. The third-order valence-corrected chi connectivity index (χ3v) is 8.01. The number of H-pyrrole nitrogens is 2. The minimum Gasteiger partial charge on any atom is -0.384 e. The molecule has 10 nitrogen and oxygen atoms in total. The zero-order valence-corrected chi connectivity index (χ0v) is 25.1. The molecule has 236 valence electrons. The third kappa shape index (κ3) is 5.88. The molecule has 6 heterocycles. The zero-order chi connectivity index (χ0) is 32.0. The average molecular weight is 631 g/mol. The number of anilines is 1. The summed E-state index contributed by atoms with van der Waals surface area (Å²) in [5, 5.41) is 10.4. The van der Waals surface area contributed by atoms with Crippen LogP contribution in [-0.4, -0.2) is 91.1 Å². The number of likely N-dealkylation sites (tertiary alicyclic amines) is 1. The highest BCUT2D eigenvalue weighted by molar-refractivity contribution is 5.96. The number of alkyl halides is 2. The van der Waals surface area contributed by atoms with Gasteiger partial charge in [0.25, 0.3) is 5.92 Å². The molecule has 1 saturated heterocycles. The van der Waals surface area contributed by atoms with E-state index in [1.165, 1.54) is 24.5 Å². The van der Waals surface area contributed by atoms with E-state index >= 15 is 4.39 Å². The highest BCUT2D eigenvalue weighted by Crippen LogP contribution is 2.35. The molecule has 0 atom stereocenters. The number of nitrogens with zero attached hydrogens (tertiary/aromatic N) is 7. The van der Waals surface area contributed by atoms with Gasteiger partial charge < -0.3 is 15.2 Å². The van der Waals surface area contributed by atoms with Crippen LogP contribution in [0.3, 0.4) is 0 Å². The van der Waals surface area contributed by atoms with Crippen LogP contribution in [-0.2, 0) is 6.54 Å². The molecule has 1 aromatic carbocycles. The molecule has 0 bridgehead atoms. The Bertz CT molecular complexity index is 2050. The zero-order valence-electron chi connectivity index (χ0n) is 25.1. The first-order chi connectivity index (χ1) is 22.1. The predicted molar refractivity (Wildman–Crippen MR) is 167 cm³/mol. The van der Waals surface area contributed by atoms with Crippen LogP contribution < -0.4 is 5.32 Å². The van der Waals surface area contributed by atoms with Crippen molar-refractivity contribution >= 4 is 27.9 Å². The molecule has 46 heavy (non-hydrogen) atoms. The number of imidazole rings is 1. The Hall–Kier alpha value is -4.95. The SMILES string of the molecule is CN(C)CCNc1cc(F)cc(-c2ccnc3nc(-c4[nH]nc5ncc(-c6cncc(CN7CCC(F)(F)C7)c6)c(F)c45)[nH]c23)c1. The van der Waals surface area contributed by atoms with Crippen molar-refractivity contribution < 1.29 is 17.6 Å². The molecule has 1 fully saturated rings. The highest BCUT2D eigenvalue weighted by atomic mass is 19.3. The number of pyridine rings is 3. The minimum atomic E-state index is -2.71. The van der Waals surface area contributed by atoms with Gasteiger partial charge in [0.15, 0.2) is 17.1 Å². The fraction of sp³-hybridized carbons (Fsp3) is 0.281. The molecule has 1 aliphatic heterocycles. The standard InChI is InChI=1S/C32H30F4N10/c1-45(2)8-6-38-22-11-19(10-21(33)12-22)23-3-5-39-30-27(23)41-31(42-30)28-25-26(34)24(15-40-29(25)44-43-28)20-9-18(13-37-14-20)16-46-7-4-32(35,36)17-46/h3,5,9-15,38H,4,6-8,16-17H2,1-2H3,(H,39,41,42)(H,40,43,44). The molecule has 0 spiro atoms. The maximum Gasteiger partial charge on any atom is 0.261 e. The molecule has 7 rings (SSSR count). The van der Waals surface area contributed by atoms with E-state index in [0.717, 1.165) is 6.54 Å². The Kier molecular flexibility index (Phi) is 7.61. The molecule has 3 N–H and O–H groups in total. The summed E-state index contributed by atoms with van der Waals surface area (Å²) in [5.41, 5.74) is 4.55. The van der Waals surface area contributed by atoms with Gasteiger partial charge in [-0.1, -0.05) is 0 Å². The van der Waals surface area contributed by atoms with Crippen LogP contribution in [0.5, 0.6) is 0 Å². The van der Waals surface area contributed by atoms with Crippen molar-refractivity contribution in [3.8, 4) is 33.8 Å². The summed E-state index contributed by atoms with van der Waals surface area (Å²) < 4.78 is 58.4. The van der Waals surface area contributed by atoms with Crippen molar-refractivity contribution in [1.29, 1.82) is 0 Å². The van der Waals surface area contributed by atoms with Crippen molar-refractivity contribution in [3.63, 3.8) is 0 Å². The summed E-state index contributed by atoms with van der Waals surface area (Å²) >= 11 is 0. The molecule has 0 saturated carbocycles. The van der Waals surface area contributed by atoms with Crippen molar-refractivity contribution in [2.75, 3.05) is 45.6 Å². The first-order valence-corrected chi connectivity index (χ1v) is 14.8. The molecule has 5 aromatic heterocycles. The van der Waals surface area contributed by atoms with E-state index in [9.17, 15) is 13.2 Å². The first kappa shape index (κ1) is 29.7. The summed E-state index contributed by atoms with van der Waals surface area (Å²) in [7, 11) is 3.93. The Balaban J connectivity index is 1.23. The maximum atomic E-state index is 16.3. The third-order valence-electron chi connectivity index (χ3n) is 8.01. The van der Waals surface area contributed by atoms with Gasteiger partial charge in [-0.25, -0.2) is 32.5 Å². The van der Waals surface area contributed by atoms with Gasteiger partial charge in [0.2, 0.25) is 0 Å². The van der Waals surface area contributed by atoms with Crippen LogP contribution in [0, 0.1) is 11.6 Å². The predicted octanol–water partition coefficient (Wildman–Crippen LogP) is 5.72. The molecule has 0 radical (unpaired) electrons. The molecule has 0 amide bonds. The fourth-order valence-corrected chi connectivity index (χ4v) is 5.79. The number of rotatable bonds is 9. The lowest BCUT2D eigenvalue weighted by Crippen LogP contribution is -2.24. The Morgan fingerprint density at radius 2 is 1.87 bits per heavy atom. The molecule has 0 unspecified atom stereocenters. The van der Waals surface area contributed by atoms with E-state index in [1.54, 1.807) is 29.4 Å². The normalized spacial score (nSPS) is 15.0. The van der Waals surface area contributed by atoms with E-state index < -0.39 is 17.6 Å². The Labute approximate surface area is 260 Å². The summed E-state index contributed by atoms with van der Waals surface area (Å²) in [6.45, 7) is 1.65. The monoisotopic (exact) mass is 630 g/mol. The van der Waals surface area contributed by atoms with Crippen LogP contribution in [0.4, 0.5) is 23.2 Å². The maximum absolute atomic E-state index is 16.3. The molecule has 1 aliphatic rings. The molecule has 14 heteroatoms. The van der Waals surface area contributed by atoms with Crippen LogP contribution in [0.15, 0.2) is 55.1 Å². The van der Waals surface area contributed by atoms with E-state index in [1.807, 2.05) is 25.1 Å². The summed E-state index contributed by atoms with van der Waals surface area (Å²) in [4.78, 5) is 24.5. The average Bonchev–Trinajstić information content (AvgIpc) is 3.73. The van der Waals surface area contributed by atoms with Gasteiger partial charge in [-0.2, -0.15) is 5.10 Å². The summed E-state index contributed by atoms with van der Waals surface area (Å²) in [5.74, 6) is -3.42. The number of halogens is 4. The van der Waals surface area contributed by atoms with Gasteiger partial charge in [-0.05, 0) is 55.6 Å². The number of likely N-dealkylation sites (N-methyl/N-ethyl adjacent to an activating group) is 1. The lowest BCUT2D eigenvalue weighted by molar-refractivity contribution is 0.0115. The van der Waals surface area contributed by atoms with Gasteiger partial charge in [0.05, 0.1) is 17.4 Å². The second-order valence-electron chi connectivity index (χ2n) is 11.8. The van der Waals surface area contributed by atoms with Crippen LogP contribution in [0.25, 0.3) is 56.0 Å². The topological polar surface area (TPSA) is 115 Å². The fourth-order valence-electron chi connectivity index (χ4n) is 5.79. The lowest BCUT2D eigenvalue weighted by atomic mass is 10.0. The molecule has 0 aliphatic carbocycles. The van der Waals surface area contributed by atoms with Gasteiger partial charge >= 0.3 is 0 Å². The van der Waals surface area contributed by atoms with Gasteiger partial charge in [-0.15, -0.1) is 0 Å². The van der Waals surface area contributed by atoms with Gasteiger partial charge in [-0.3, -0.25) is 15.0 Å². The number of hydrogen-bond donors (Lipinski definition) is 3. The van der Waals surface area contributed by atoms with Crippen molar-refractivity contribution in [2.24, 2.45) is 0 Å². The first-order valence-electron chi connectivity index (χ1n) is 14.8. The van der Waals surface area contributed by atoms with Crippen molar-refractivity contribution in [2.45, 2.75) is 18.9 Å². The lowest BCUT2D eigenvalue weighted by Gasteiger charge is -2.15. The van der Waals surface area contributed by atoms with Gasteiger partial charge in [0, 0.05) is 79.8 Å².